The number of ether oxygens (including phenoxy) is 2. The van der Waals surface area contributed by atoms with Crippen LogP contribution in [0, 0.1) is 5.41 Å². The van der Waals surface area contributed by atoms with Crippen molar-refractivity contribution < 1.29 is 19.1 Å². The van der Waals surface area contributed by atoms with Crippen molar-refractivity contribution in [2.24, 2.45) is 5.41 Å². The summed E-state index contributed by atoms with van der Waals surface area (Å²) in [6.07, 6.45) is 0.117. The van der Waals surface area contributed by atoms with Crippen LogP contribution in [0.5, 0.6) is 11.5 Å². The molecule has 0 unspecified atom stereocenters. The number of esters is 2. The maximum absolute atomic E-state index is 14.4. The highest BCUT2D eigenvalue weighted by molar-refractivity contribution is 5.90. The van der Waals surface area contributed by atoms with Gasteiger partial charge in [0, 0.05) is 10.8 Å². The van der Waals surface area contributed by atoms with E-state index in [0.717, 1.165) is 44.5 Å². The standard InChI is InChI=1S/C45H36O4/c1-43(2,44(29-41(46)48-31-17-5-3-6-18-31)37-25-13-9-21-33(37)34-22-10-14-26-38(34)44)45(30-42(47)49-32-19-7-4-8-20-32)39-27-15-11-23-35(39)36-24-12-16-28-40(36)45/h3-28H,29-30H2,1-2H3. The van der Waals surface area contributed by atoms with E-state index in [1.165, 1.54) is 0 Å². The third-order valence-corrected chi connectivity index (χ3v) is 11.0. The van der Waals surface area contributed by atoms with Gasteiger partial charge in [-0.3, -0.25) is 9.59 Å². The van der Waals surface area contributed by atoms with Crippen molar-refractivity contribution >= 4 is 11.9 Å². The van der Waals surface area contributed by atoms with E-state index >= 15 is 0 Å². The van der Waals surface area contributed by atoms with Crippen molar-refractivity contribution in [3.63, 3.8) is 0 Å². The maximum atomic E-state index is 14.4. The summed E-state index contributed by atoms with van der Waals surface area (Å²) in [7, 11) is 0. The first-order valence-electron chi connectivity index (χ1n) is 16.8. The number of benzene rings is 6. The molecule has 0 aliphatic heterocycles. The second-order valence-electron chi connectivity index (χ2n) is 13.5. The van der Waals surface area contributed by atoms with Crippen molar-refractivity contribution in [3.05, 3.63) is 180 Å². The first-order valence-corrected chi connectivity index (χ1v) is 16.8. The van der Waals surface area contributed by atoms with E-state index in [-0.39, 0.29) is 24.8 Å². The molecule has 6 aromatic carbocycles. The van der Waals surface area contributed by atoms with Crippen LogP contribution in [-0.4, -0.2) is 11.9 Å². The van der Waals surface area contributed by atoms with E-state index < -0.39 is 16.2 Å². The maximum Gasteiger partial charge on any atom is 0.312 e. The van der Waals surface area contributed by atoms with Gasteiger partial charge in [0.05, 0.1) is 12.8 Å². The zero-order valence-corrected chi connectivity index (χ0v) is 27.6. The van der Waals surface area contributed by atoms with Gasteiger partial charge < -0.3 is 9.47 Å². The number of fused-ring (bicyclic) bond motifs is 6. The van der Waals surface area contributed by atoms with Crippen molar-refractivity contribution in [3.8, 4) is 33.8 Å². The molecule has 0 fully saturated rings. The van der Waals surface area contributed by atoms with Crippen LogP contribution in [-0.2, 0) is 20.4 Å². The third kappa shape index (κ3) is 4.58. The summed E-state index contributed by atoms with van der Waals surface area (Å²) in [5, 5.41) is 0. The number of hydrogen-bond acceptors (Lipinski definition) is 4. The number of para-hydroxylation sites is 2. The molecule has 0 spiro atoms. The Hall–Kier alpha value is -5.74. The zero-order valence-electron chi connectivity index (χ0n) is 27.6. The van der Waals surface area contributed by atoms with E-state index in [4.69, 9.17) is 9.47 Å². The van der Waals surface area contributed by atoms with Crippen molar-refractivity contribution in [2.75, 3.05) is 0 Å². The number of carbonyl (C=O) groups is 2. The van der Waals surface area contributed by atoms with Gasteiger partial charge in [0.1, 0.15) is 11.5 Å². The van der Waals surface area contributed by atoms with E-state index in [1.807, 2.05) is 84.9 Å². The molecule has 49 heavy (non-hydrogen) atoms. The average Bonchev–Trinajstić information content (AvgIpc) is 3.58. The first kappa shape index (κ1) is 30.6. The molecule has 240 valence electrons. The molecule has 0 saturated carbocycles. The lowest BCUT2D eigenvalue weighted by molar-refractivity contribution is -0.138. The molecule has 0 saturated heterocycles. The van der Waals surface area contributed by atoms with Crippen molar-refractivity contribution in [1.82, 2.24) is 0 Å². The summed E-state index contributed by atoms with van der Waals surface area (Å²) in [5.41, 5.74) is 5.87. The summed E-state index contributed by atoms with van der Waals surface area (Å²) in [6, 6.07) is 52.0. The summed E-state index contributed by atoms with van der Waals surface area (Å²) in [4.78, 5) is 28.8. The quantitative estimate of drug-likeness (QED) is 0.123. The summed E-state index contributed by atoms with van der Waals surface area (Å²) < 4.78 is 12.2. The molecular weight excluding hydrogens is 604 g/mol. The smallest absolute Gasteiger partial charge is 0.312 e. The van der Waals surface area contributed by atoms with Gasteiger partial charge >= 0.3 is 11.9 Å². The molecule has 0 aromatic heterocycles. The molecule has 8 rings (SSSR count). The highest BCUT2D eigenvalue weighted by Crippen LogP contribution is 2.70. The summed E-state index contributed by atoms with van der Waals surface area (Å²) in [5.74, 6) is 0.315. The largest absolute Gasteiger partial charge is 0.426 e. The minimum absolute atomic E-state index is 0.0583. The molecule has 0 N–H and O–H groups in total. The van der Waals surface area contributed by atoms with E-state index in [2.05, 4.69) is 62.4 Å². The van der Waals surface area contributed by atoms with Gasteiger partial charge in [0.25, 0.3) is 0 Å². The highest BCUT2D eigenvalue weighted by atomic mass is 16.5. The lowest BCUT2D eigenvalue weighted by Crippen LogP contribution is -2.57. The van der Waals surface area contributed by atoms with Crippen molar-refractivity contribution in [1.29, 1.82) is 0 Å². The molecule has 0 atom stereocenters. The van der Waals surface area contributed by atoms with Gasteiger partial charge in [0.2, 0.25) is 0 Å². The van der Waals surface area contributed by atoms with Gasteiger partial charge in [-0.15, -0.1) is 0 Å². The number of carbonyl (C=O) groups excluding carboxylic acids is 2. The molecule has 4 nitrogen and oxygen atoms in total. The fraction of sp³-hybridized carbons (Fsp3) is 0.156. The second-order valence-corrected chi connectivity index (χ2v) is 13.5. The zero-order chi connectivity index (χ0) is 33.6. The fourth-order valence-corrected chi connectivity index (χ4v) is 8.93. The summed E-state index contributed by atoms with van der Waals surface area (Å²) in [6.45, 7) is 4.46. The Kier molecular flexibility index (Phi) is 7.33. The van der Waals surface area contributed by atoms with E-state index in [1.54, 1.807) is 24.3 Å². The van der Waals surface area contributed by atoms with Gasteiger partial charge in [0.15, 0.2) is 0 Å². The highest BCUT2D eigenvalue weighted by Gasteiger charge is 2.66. The van der Waals surface area contributed by atoms with Crippen LogP contribution < -0.4 is 9.47 Å². The predicted molar refractivity (Wildman–Crippen MR) is 192 cm³/mol. The first-order chi connectivity index (χ1) is 23.9. The predicted octanol–water partition coefficient (Wildman–Crippen LogP) is 9.94. The van der Waals surface area contributed by atoms with Crippen LogP contribution in [0.4, 0.5) is 0 Å². The Balaban J connectivity index is 1.40. The van der Waals surface area contributed by atoms with Crippen LogP contribution in [0.1, 0.15) is 48.9 Å². The van der Waals surface area contributed by atoms with Gasteiger partial charge in [-0.2, -0.15) is 0 Å². The molecule has 0 bridgehead atoms. The van der Waals surface area contributed by atoms with Crippen LogP contribution in [0.15, 0.2) is 158 Å². The Morgan fingerprint density at radius 2 is 0.694 bits per heavy atom. The normalized spacial score (nSPS) is 14.6. The summed E-state index contributed by atoms with van der Waals surface area (Å²) >= 11 is 0. The third-order valence-electron chi connectivity index (χ3n) is 11.0. The Morgan fingerprint density at radius 3 is 1.00 bits per heavy atom. The molecule has 0 radical (unpaired) electrons. The average molecular weight is 641 g/mol. The van der Waals surface area contributed by atoms with Crippen LogP contribution >= 0.6 is 0 Å². The van der Waals surface area contributed by atoms with Gasteiger partial charge in [-0.1, -0.05) is 147 Å². The van der Waals surface area contributed by atoms with E-state index in [0.29, 0.717) is 11.5 Å². The number of hydrogen-bond donors (Lipinski definition) is 0. The molecule has 2 aliphatic carbocycles. The molecular formula is C45H36O4. The minimum atomic E-state index is -0.913. The van der Waals surface area contributed by atoms with E-state index in [9.17, 15) is 9.59 Å². The van der Waals surface area contributed by atoms with Crippen LogP contribution in [0.25, 0.3) is 22.3 Å². The van der Waals surface area contributed by atoms with Crippen LogP contribution in [0.2, 0.25) is 0 Å². The molecule has 6 aromatic rings. The fourth-order valence-electron chi connectivity index (χ4n) is 8.93. The van der Waals surface area contributed by atoms with Crippen molar-refractivity contribution in [2.45, 2.75) is 37.5 Å². The number of rotatable bonds is 8. The molecule has 2 aliphatic rings. The minimum Gasteiger partial charge on any atom is -0.426 e. The Labute approximate surface area is 287 Å². The van der Waals surface area contributed by atoms with Gasteiger partial charge in [-0.25, -0.2) is 0 Å². The molecule has 0 amide bonds. The SMILES string of the molecule is CC(C)(C1(CC(=O)Oc2ccccc2)c2ccccc2-c2ccccc21)C1(CC(=O)Oc2ccccc2)c2ccccc2-c2ccccc21. The Bertz CT molecular complexity index is 1950. The second kappa shape index (κ2) is 11.7. The topological polar surface area (TPSA) is 52.6 Å². The lowest BCUT2D eigenvalue weighted by atomic mass is 9.45. The Morgan fingerprint density at radius 1 is 0.429 bits per heavy atom. The van der Waals surface area contributed by atoms with Crippen LogP contribution in [0.3, 0.4) is 0 Å². The molecule has 0 heterocycles. The van der Waals surface area contributed by atoms with Gasteiger partial charge in [-0.05, 0) is 74.2 Å². The monoisotopic (exact) mass is 640 g/mol. The molecule has 4 heteroatoms. The lowest BCUT2D eigenvalue weighted by Gasteiger charge is -2.56.